The van der Waals surface area contributed by atoms with Gasteiger partial charge in [0.1, 0.15) is 5.82 Å². The number of nitrogens with one attached hydrogen (secondary N) is 1. The minimum absolute atomic E-state index is 0.0220. The predicted octanol–water partition coefficient (Wildman–Crippen LogP) is 17.4. The third-order valence-corrected chi connectivity index (χ3v) is 16.4. The van der Waals surface area contributed by atoms with Gasteiger partial charge < -0.3 is 24.9 Å². The zero-order valence-corrected chi connectivity index (χ0v) is 46.8. The molecule has 0 aliphatic carbocycles. The molecule has 5 nitrogen and oxygen atoms in total. The molecular formula is C71H77N5. The highest BCUT2D eigenvalue weighted by Gasteiger charge is 2.45. The van der Waals surface area contributed by atoms with E-state index in [1.165, 1.54) is 88.6 Å². The van der Waals surface area contributed by atoms with Crippen molar-refractivity contribution in [3.63, 3.8) is 0 Å². The number of hydrogen-bond donors (Lipinski definition) is 1. The van der Waals surface area contributed by atoms with E-state index in [2.05, 4.69) is 287 Å². The molecule has 2 heterocycles. The van der Waals surface area contributed by atoms with E-state index in [0.29, 0.717) is 0 Å². The maximum absolute atomic E-state index is 4.78. The summed E-state index contributed by atoms with van der Waals surface area (Å²) >= 11 is 0. The summed E-state index contributed by atoms with van der Waals surface area (Å²) in [6.07, 6.45) is 6.63. The molecule has 0 amide bonds. The summed E-state index contributed by atoms with van der Waals surface area (Å²) in [7, 11) is 8.58. The summed E-state index contributed by atoms with van der Waals surface area (Å²) in [5, 5.41) is 11.1. The third kappa shape index (κ3) is 9.76. The molecule has 0 radical (unpaired) electrons. The molecule has 0 spiro atoms. The number of nitrogens with zero attached hydrogens (tertiary/aromatic N) is 4. The summed E-state index contributed by atoms with van der Waals surface area (Å²) in [5.41, 5.74) is 14.9. The van der Waals surface area contributed by atoms with Crippen LogP contribution < -0.4 is 24.9 Å². The van der Waals surface area contributed by atoms with Gasteiger partial charge in [0, 0.05) is 73.7 Å². The van der Waals surface area contributed by atoms with Gasteiger partial charge in [-0.1, -0.05) is 204 Å². The Bertz CT molecular complexity index is 3580. The van der Waals surface area contributed by atoms with E-state index in [1.807, 2.05) is 20.9 Å². The molecule has 0 aromatic heterocycles. The first-order valence-corrected chi connectivity index (χ1v) is 27.3. The maximum atomic E-state index is 4.78. The number of fused-ring (bicyclic) bond motifs is 6. The summed E-state index contributed by atoms with van der Waals surface area (Å²) in [6.45, 7) is 21.3. The average Bonchev–Trinajstić information content (AvgIpc) is 3.82. The van der Waals surface area contributed by atoms with Crippen molar-refractivity contribution in [1.29, 1.82) is 0 Å². The highest BCUT2D eigenvalue weighted by molar-refractivity contribution is 6.04. The quantitative estimate of drug-likeness (QED) is 0.132. The summed E-state index contributed by atoms with van der Waals surface area (Å²) < 4.78 is 0. The number of anilines is 5. The van der Waals surface area contributed by atoms with Gasteiger partial charge in [0.15, 0.2) is 0 Å². The largest absolute Gasteiger partial charge is 0.388 e. The van der Waals surface area contributed by atoms with Crippen LogP contribution in [0.2, 0.25) is 0 Å². The second kappa shape index (κ2) is 22.4. The number of allylic oxidation sites excluding steroid dienone is 3. The Labute approximate surface area is 454 Å². The van der Waals surface area contributed by atoms with Gasteiger partial charge in [-0.25, -0.2) is 0 Å². The third-order valence-electron chi connectivity index (χ3n) is 16.4. The summed E-state index contributed by atoms with van der Waals surface area (Å²) in [4.78, 5) is 9.55. The van der Waals surface area contributed by atoms with Crippen LogP contribution in [0.15, 0.2) is 230 Å². The normalized spacial score (nSPS) is 17.1. The molecular weight excluding hydrogens is 923 g/mol. The van der Waals surface area contributed by atoms with E-state index in [4.69, 9.17) is 6.58 Å². The molecule has 1 N–H and O–H groups in total. The number of hydrogen-bond acceptors (Lipinski definition) is 5. The van der Waals surface area contributed by atoms with E-state index in [-0.39, 0.29) is 16.9 Å². The molecule has 9 aromatic rings. The molecule has 3 atom stereocenters. The SMILES string of the molecule is C=C(/C=C1/N(C)c2ccc3ccccc3c2N1C)C(C)(Cc1ccccc1)c1c(NC)ccc2ccccc12.CC.CCN(/C(C)=C/C1N(C)c2ccccc2C1(C)Cc1ccccc1)c1ccc2ccccc2c1C. The Morgan fingerprint density at radius 3 is 1.84 bits per heavy atom. The van der Waals surface area contributed by atoms with Crippen molar-refractivity contribution < 1.29 is 0 Å². The molecule has 3 unspecified atom stereocenters. The molecule has 5 heteroatoms. The van der Waals surface area contributed by atoms with Crippen molar-refractivity contribution in [2.24, 2.45) is 0 Å². The lowest BCUT2D eigenvalue weighted by Gasteiger charge is -2.36. The Morgan fingerprint density at radius 1 is 0.645 bits per heavy atom. The standard InChI is InChI=1S/C36H35N3.C33H36N2.C2H6/c1-25(23-33-38(4)32-22-20-28-16-10-12-18-30(28)35(32)39(33)5)36(2,24-26-13-7-6-8-14-26)34-29-17-11-9-15-27(29)19-21-31(34)37-3;1-6-35(30-21-20-27-16-10-11-17-28(27)25(30)3)24(2)22-32-33(4,23-26-14-8-7-9-15-26)29-18-12-13-19-31(29)34(32)5;1-2/h6-23,37H,1,24H2,2-5H3;7-22,32H,6,23H2,1-5H3;1-2H3/b33-23-;24-22+;. The van der Waals surface area contributed by atoms with Crippen LogP contribution in [0, 0.1) is 6.92 Å². The van der Waals surface area contributed by atoms with E-state index in [9.17, 15) is 0 Å². The fraction of sp³-hybridized carbons (Fsp3) is 0.239. The first-order valence-electron chi connectivity index (χ1n) is 27.3. The second-order valence-electron chi connectivity index (χ2n) is 20.9. The molecule has 2 aliphatic heterocycles. The zero-order valence-electron chi connectivity index (χ0n) is 46.8. The highest BCUT2D eigenvalue weighted by atomic mass is 15.4. The van der Waals surface area contributed by atoms with Crippen LogP contribution >= 0.6 is 0 Å². The fourth-order valence-electron chi connectivity index (χ4n) is 12.4. The van der Waals surface area contributed by atoms with Crippen molar-refractivity contribution in [3.05, 3.63) is 258 Å². The topological polar surface area (TPSA) is 25.0 Å². The van der Waals surface area contributed by atoms with Gasteiger partial charge in [-0.2, -0.15) is 0 Å². The number of benzene rings is 9. The lowest BCUT2D eigenvalue weighted by Crippen LogP contribution is -2.42. The van der Waals surface area contributed by atoms with Crippen molar-refractivity contribution in [2.75, 3.05) is 59.7 Å². The monoisotopic (exact) mass is 1000 g/mol. The Balaban J connectivity index is 0.000000181. The van der Waals surface area contributed by atoms with Crippen LogP contribution in [0.25, 0.3) is 32.3 Å². The fourth-order valence-corrected chi connectivity index (χ4v) is 12.4. The Hall–Kier alpha value is -8.02. The predicted molar refractivity (Wildman–Crippen MR) is 332 cm³/mol. The van der Waals surface area contributed by atoms with Crippen molar-refractivity contribution in [2.45, 2.75) is 78.2 Å². The minimum Gasteiger partial charge on any atom is -0.388 e. The van der Waals surface area contributed by atoms with Gasteiger partial charge in [0.2, 0.25) is 0 Å². The van der Waals surface area contributed by atoms with Crippen LogP contribution in [0.4, 0.5) is 28.4 Å². The van der Waals surface area contributed by atoms with Crippen LogP contribution in [0.3, 0.4) is 0 Å². The van der Waals surface area contributed by atoms with Gasteiger partial charge in [-0.15, -0.1) is 0 Å². The molecule has 11 rings (SSSR count). The lowest BCUT2D eigenvalue weighted by atomic mass is 9.69. The van der Waals surface area contributed by atoms with E-state index in [0.717, 1.165) is 36.5 Å². The van der Waals surface area contributed by atoms with E-state index >= 15 is 0 Å². The number of rotatable bonds is 12. The summed E-state index contributed by atoms with van der Waals surface area (Å²) in [5.74, 6) is 1.12. The van der Waals surface area contributed by atoms with Crippen LogP contribution in [0.1, 0.15) is 69.4 Å². The minimum atomic E-state index is -0.369. The molecule has 76 heavy (non-hydrogen) atoms. The molecule has 0 fully saturated rings. The van der Waals surface area contributed by atoms with Crippen LogP contribution in [-0.2, 0) is 23.7 Å². The van der Waals surface area contributed by atoms with E-state index < -0.39 is 0 Å². The average molecular weight is 1000 g/mol. The van der Waals surface area contributed by atoms with Crippen LogP contribution in [-0.4, -0.2) is 40.8 Å². The smallest absolute Gasteiger partial charge is 0.113 e. The number of aryl methyl sites for hydroxylation is 1. The molecule has 386 valence electrons. The zero-order chi connectivity index (χ0) is 53.7. The van der Waals surface area contributed by atoms with Gasteiger partial charge in [-0.3, -0.25) is 0 Å². The molecule has 2 aliphatic rings. The molecule has 0 saturated heterocycles. The van der Waals surface area contributed by atoms with Crippen molar-refractivity contribution >= 4 is 60.8 Å². The first-order chi connectivity index (χ1) is 36.9. The van der Waals surface area contributed by atoms with Gasteiger partial charge in [-0.05, 0) is 130 Å². The van der Waals surface area contributed by atoms with Gasteiger partial charge >= 0.3 is 0 Å². The first kappa shape index (κ1) is 52.8. The Morgan fingerprint density at radius 2 is 1.18 bits per heavy atom. The highest BCUT2D eigenvalue weighted by Crippen LogP contribution is 2.50. The number of likely N-dealkylation sites (N-methyl/N-ethyl adjacent to an activating group) is 1. The summed E-state index contributed by atoms with van der Waals surface area (Å²) in [6, 6.07) is 70.3. The molecule has 9 aromatic carbocycles. The second-order valence-corrected chi connectivity index (χ2v) is 20.9. The molecule has 0 bridgehead atoms. The van der Waals surface area contributed by atoms with Crippen molar-refractivity contribution in [1.82, 2.24) is 0 Å². The van der Waals surface area contributed by atoms with Crippen molar-refractivity contribution in [3.8, 4) is 0 Å². The number of para-hydroxylation sites is 1. The van der Waals surface area contributed by atoms with Crippen LogP contribution in [0.5, 0.6) is 0 Å². The van der Waals surface area contributed by atoms with Gasteiger partial charge in [0.05, 0.1) is 17.4 Å². The van der Waals surface area contributed by atoms with Gasteiger partial charge in [0.25, 0.3) is 0 Å². The Kier molecular flexibility index (Phi) is 15.6. The molecule has 0 saturated carbocycles. The van der Waals surface area contributed by atoms with E-state index in [1.54, 1.807) is 0 Å². The maximum Gasteiger partial charge on any atom is 0.113 e. The lowest BCUT2D eigenvalue weighted by molar-refractivity contribution is 0.437.